The number of halogens is 3. The number of imide groups is 1. The number of thioether (sulfide) groups is 1. The Labute approximate surface area is 189 Å². The standard InChI is InChI=1S/C20H14BrClFNO5S/c1-28-18(25)10-29-16-5-3-13(21)6-12(16)7-17-19(26)24(20(27)30-17)9-11-2-4-14(23)8-15(11)22/h2-8H,9-10H2,1H3/b17-7+. The maximum atomic E-state index is 13.2. The molecule has 0 spiro atoms. The molecule has 0 N–H and O–H groups in total. The summed E-state index contributed by atoms with van der Waals surface area (Å²) in [4.78, 5) is 37.7. The molecule has 1 aliphatic rings. The molecule has 1 saturated heterocycles. The number of methoxy groups -OCH3 is 1. The molecule has 0 bridgehead atoms. The third-order valence-electron chi connectivity index (χ3n) is 4.05. The van der Waals surface area contributed by atoms with Crippen LogP contribution in [0, 0.1) is 5.82 Å². The molecule has 0 radical (unpaired) electrons. The highest BCUT2D eigenvalue weighted by atomic mass is 79.9. The number of nitrogens with zero attached hydrogens (tertiary/aromatic N) is 1. The van der Waals surface area contributed by atoms with E-state index < -0.39 is 22.9 Å². The van der Waals surface area contributed by atoms with E-state index in [1.807, 2.05) is 0 Å². The SMILES string of the molecule is COC(=O)COc1ccc(Br)cc1/C=C1/SC(=O)N(Cc2ccc(F)cc2Cl)C1=O. The van der Waals surface area contributed by atoms with Gasteiger partial charge in [-0.2, -0.15) is 0 Å². The van der Waals surface area contributed by atoms with Crippen LogP contribution in [0.5, 0.6) is 5.75 Å². The van der Waals surface area contributed by atoms with E-state index in [4.69, 9.17) is 16.3 Å². The Morgan fingerprint density at radius 3 is 2.73 bits per heavy atom. The third kappa shape index (κ3) is 5.21. The van der Waals surface area contributed by atoms with Gasteiger partial charge in [-0.1, -0.05) is 33.6 Å². The summed E-state index contributed by atoms with van der Waals surface area (Å²) in [6, 6.07) is 8.80. The topological polar surface area (TPSA) is 72.9 Å². The van der Waals surface area contributed by atoms with Crippen molar-refractivity contribution in [2.75, 3.05) is 13.7 Å². The number of amides is 2. The van der Waals surface area contributed by atoms with Gasteiger partial charge in [-0.3, -0.25) is 14.5 Å². The molecule has 2 amide bonds. The molecule has 1 aliphatic heterocycles. The van der Waals surface area contributed by atoms with Gasteiger partial charge in [0, 0.05) is 15.1 Å². The Kier molecular flexibility index (Phi) is 7.17. The second-order valence-corrected chi connectivity index (χ2v) is 8.37. The fourth-order valence-electron chi connectivity index (χ4n) is 2.56. The lowest BCUT2D eigenvalue weighted by Gasteiger charge is -2.13. The Balaban J connectivity index is 1.84. The summed E-state index contributed by atoms with van der Waals surface area (Å²) >= 11 is 10.1. The number of hydrogen-bond donors (Lipinski definition) is 0. The van der Waals surface area contributed by atoms with Gasteiger partial charge in [-0.05, 0) is 53.7 Å². The Hall–Kier alpha value is -2.36. The van der Waals surface area contributed by atoms with Gasteiger partial charge in [-0.25, -0.2) is 9.18 Å². The minimum Gasteiger partial charge on any atom is -0.481 e. The number of benzene rings is 2. The fraction of sp³-hybridized carbons (Fsp3) is 0.150. The molecule has 0 unspecified atom stereocenters. The van der Waals surface area contributed by atoms with E-state index >= 15 is 0 Å². The van der Waals surface area contributed by atoms with Crippen LogP contribution in [0.4, 0.5) is 9.18 Å². The van der Waals surface area contributed by atoms with Crippen molar-refractivity contribution in [3.8, 4) is 5.75 Å². The van der Waals surface area contributed by atoms with Crippen LogP contribution in [-0.2, 0) is 20.9 Å². The highest BCUT2D eigenvalue weighted by Gasteiger charge is 2.35. The van der Waals surface area contributed by atoms with Crippen molar-refractivity contribution in [1.29, 1.82) is 0 Å². The first-order chi connectivity index (χ1) is 14.3. The lowest BCUT2D eigenvalue weighted by Crippen LogP contribution is -2.27. The van der Waals surface area contributed by atoms with Crippen molar-refractivity contribution in [2.45, 2.75) is 6.54 Å². The number of rotatable bonds is 6. The van der Waals surface area contributed by atoms with Crippen molar-refractivity contribution in [3.05, 3.63) is 67.7 Å². The zero-order chi connectivity index (χ0) is 21.8. The van der Waals surface area contributed by atoms with E-state index in [0.717, 1.165) is 27.2 Å². The minimum absolute atomic E-state index is 0.0781. The van der Waals surface area contributed by atoms with E-state index in [9.17, 15) is 18.8 Å². The molecule has 3 rings (SSSR count). The van der Waals surface area contributed by atoms with Gasteiger partial charge in [0.05, 0.1) is 18.6 Å². The van der Waals surface area contributed by atoms with Crippen molar-refractivity contribution >= 4 is 62.5 Å². The highest BCUT2D eigenvalue weighted by Crippen LogP contribution is 2.36. The molecule has 0 aliphatic carbocycles. The van der Waals surface area contributed by atoms with E-state index in [1.54, 1.807) is 18.2 Å². The quantitative estimate of drug-likeness (QED) is 0.398. The number of carbonyl (C=O) groups excluding carboxylic acids is 3. The van der Waals surface area contributed by atoms with Crippen LogP contribution in [0.3, 0.4) is 0 Å². The number of carbonyl (C=O) groups is 3. The van der Waals surface area contributed by atoms with Crippen molar-refractivity contribution in [3.63, 3.8) is 0 Å². The summed E-state index contributed by atoms with van der Waals surface area (Å²) in [6.45, 7) is -0.380. The van der Waals surface area contributed by atoms with Crippen LogP contribution < -0.4 is 4.74 Å². The van der Waals surface area contributed by atoms with Crippen LogP contribution >= 0.6 is 39.3 Å². The number of ether oxygens (including phenoxy) is 2. The molecule has 2 aromatic rings. The Morgan fingerprint density at radius 2 is 2.03 bits per heavy atom. The molecule has 0 atom stereocenters. The third-order valence-corrected chi connectivity index (χ3v) is 5.80. The van der Waals surface area contributed by atoms with Crippen LogP contribution in [0.1, 0.15) is 11.1 Å². The largest absolute Gasteiger partial charge is 0.481 e. The molecule has 0 aromatic heterocycles. The molecule has 6 nitrogen and oxygen atoms in total. The lowest BCUT2D eigenvalue weighted by atomic mass is 10.1. The molecular formula is C20H14BrClFNO5S. The Morgan fingerprint density at radius 1 is 1.27 bits per heavy atom. The lowest BCUT2D eigenvalue weighted by molar-refractivity contribution is -0.142. The second-order valence-electron chi connectivity index (χ2n) is 6.05. The van der Waals surface area contributed by atoms with Crippen LogP contribution in [0.25, 0.3) is 6.08 Å². The maximum absolute atomic E-state index is 13.2. The average Bonchev–Trinajstić information content (AvgIpc) is 2.96. The first-order valence-electron chi connectivity index (χ1n) is 8.47. The monoisotopic (exact) mass is 513 g/mol. The smallest absolute Gasteiger partial charge is 0.343 e. The molecule has 2 aromatic carbocycles. The van der Waals surface area contributed by atoms with Gasteiger partial charge in [0.1, 0.15) is 11.6 Å². The highest BCUT2D eigenvalue weighted by molar-refractivity contribution is 9.10. The molecule has 156 valence electrons. The zero-order valence-electron chi connectivity index (χ0n) is 15.5. The van der Waals surface area contributed by atoms with Crippen molar-refractivity contribution in [1.82, 2.24) is 4.90 Å². The predicted octanol–water partition coefficient (Wildman–Crippen LogP) is 5.03. The van der Waals surface area contributed by atoms with Gasteiger partial charge in [0.2, 0.25) is 0 Å². The van der Waals surface area contributed by atoms with Gasteiger partial charge < -0.3 is 9.47 Å². The maximum Gasteiger partial charge on any atom is 0.343 e. The van der Waals surface area contributed by atoms with E-state index in [0.29, 0.717) is 16.9 Å². The normalized spacial score (nSPS) is 15.1. The van der Waals surface area contributed by atoms with Crippen LogP contribution in [-0.4, -0.2) is 35.7 Å². The number of esters is 1. The predicted molar refractivity (Wildman–Crippen MR) is 115 cm³/mol. The van der Waals surface area contributed by atoms with Gasteiger partial charge >= 0.3 is 5.97 Å². The number of hydrogen-bond acceptors (Lipinski definition) is 6. The van der Waals surface area contributed by atoms with Crippen LogP contribution in [0.2, 0.25) is 5.02 Å². The summed E-state index contributed by atoms with van der Waals surface area (Å²) < 4.78 is 24.0. The van der Waals surface area contributed by atoms with Crippen molar-refractivity contribution < 1.29 is 28.2 Å². The molecule has 1 fully saturated rings. The molecule has 10 heteroatoms. The van der Waals surface area contributed by atoms with E-state index in [-0.39, 0.29) is 23.1 Å². The van der Waals surface area contributed by atoms with Gasteiger partial charge in [0.15, 0.2) is 6.61 Å². The molecular weight excluding hydrogens is 501 g/mol. The summed E-state index contributed by atoms with van der Waals surface area (Å²) in [6.07, 6.45) is 1.51. The summed E-state index contributed by atoms with van der Waals surface area (Å²) in [5, 5.41) is -0.345. The summed E-state index contributed by atoms with van der Waals surface area (Å²) in [5.74, 6) is -1.23. The van der Waals surface area contributed by atoms with Crippen molar-refractivity contribution in [2.24, 2.45) is 0 Å². The van der Waals surface area contributed by atoms with E-state index in [1.165, 1.54) is 25.3 Å². The summed E-state index contributed by atoms with van der Waals surface area (Å²) in [5.41, 5.74) is 0.949. The van der Waals surface area contributed by atoms with Crippen LogP contribution in [0.15, 0.2) is 45.8 Å². The fourth-order valence-corrected chi connectivity index (χ4v) is 3.99. The minimum atomic E-state index is -0.555. The first kappa shape index (κ1) is 22.3. The zero-order valence-corrected chi connectivity index (χ0v) is 18.6. The second kappa shape index (κ2) is 9.63. The summed E-state index contributed by atoms with van der Waals surface area (Å²) in [7, 11) is 1.25. The Bertz CT molecular complexity index is 1060. The first-order valence-corrected chi connectivity index (χ1v) is 10.5. The average molecular weight is 515 g/mol. The molecule has 1 heterocycles. The molecule has 30 heavy (non-hydrogen) atoms. The van der Waals surface area contributed by atoms with E-state index in [2.05, 4.69) is 20.7 Å². The molecule has 0 saturated carbocycles. The van der Waals surface area contributed by atoms with Gasteiger partial charge in [-0.15, -0.1) is 0 Å². The van der Waals surface area contributed by atoms with Gasteiger partial charge in [0.25, 0.3) is 11.1 Å².